The number of piperidine rings is 1. The van der Waals surface area contributed by atoms with Crippen LogP contribution in [0, 0.1) is 5.92 Å². The summed E-state index contributed by atoms with van der Waals surface area (Å²) in [4.78, 5) is 2.58. The zero-order valence-electron chi connectivity index (χ0n) is 14.7. The molecule has 2 aliphatic rings. The van der Waals surface area contributed by atoms with Crippen molar-refractivity contribution in [1.29, 1.82) is 0 Å². The van der Waals surface area contributed by atoms with Gasteiger partial charge in [0.1, 0.15) is 5.60 Å². The molecule has 1 aliphatic carbocycles. The lowest BCUT2D eigenvalue weighted by Gasteiger charge is -2.38. The Hall–Kier alpha value is -0.900. The topological polar surface area (TPSA) is 35.5 Å². The average Bonchev–Trinajstić information content (AvgIpc) is 2.54. The molecule has 1 aromatic carbocycles. The molecule has 0 amide bonds. The molecule has 0 aromatic heterocycles. The Balaban J connectivity index is 1.53. The quantitative estimate of drug-likeness (QED) is 0.877. The summed E-state index contributed by atoms with van der Waals surface area (Å²) in [6.45, 7) is 8.86. The molecular formula is C20H32N2O. The van der Waals surface area contributed by atoms with Crippen LogP contribution in [0.3, 0.4) is 0 Å². The largest absolute Gasteiger partial charge is 0.384 e. The van der Waals surface area contributed by atoms with Crippen LogP contribution in [0.25, 0.3) is 0 Å². The van der Waals surface area contributed by atoms with Gasteiger partial charge in [0.05, 0.1) is 0 Å². The fourth-order valence-electron chi connectivity index (χ4n) is 4.23. The highest BCUT2D eigenvalue weighted by Crippen LogP contribution is 2.34. The van der Waals surface area contributed by atoms with E-state index >= 15 is 0 Å². The highest BCUT2D eigenvalue weighted by atomic mass is 16.3. The second-order valence-electron chi connectivity index (χ2n) is 7.89. The van der Waals surface area contributed by atoms with Gasteiger partial charge in [-0.2, -0.15) is 0 Å². The summed E-state index contributed by atoms with van der Waals surface area (Å²) >= 11 is 0. The maximum Gasteiger partial charge on any atom is 0.102 e. The van der Waals surface area contributed by atoms with Crippen LogP contribution in [0.15, 0.2) is 24.3 Å². The number of rotatable bonds is 5. The van der Waals surface area contributed by atoms with Crippen LogP contribution < -0.4 is 5.32 Å². The van der Waals surface area contributed by atoms with Gasteiger partial charge < -0.3 is 15.3 Å². The molecule has 128 valence electrons. The van der Waals surface area contributed by atoms with Gasteiger partial charge in [0.15, 0.2) is 0 Å². The van der Waals surface area contributed by atoms with E-state index in [9.17, 15) is 5.11 Å². The van der Waals surface area contributed by atoms with Crippen LogP contribution in [0.5, 0.6) is 0 Å². The lowest BCUT2D eigenvalue weighted by atomic mass is 9.79. The summed E-state index contributed by atoms with van der Waals surface area (Å²) in [5, 5.41) is 14.8. The highest BCUT2D eigenvalue weighted by Gasteiger charge is 2.34. The molecule has 0 bridgehead atoms. The maximum absolute atomic E-state index is 11.2. The normalized spacial score (nSPS) is 26.4. The number of benzene rings is 1. The third-order valence-corrected chi connectivity index (χ3v) is 5.45. The minimum atomic E-state index is -0.677. The second kappa shape index (κ2) is 7.33. The van der Waals surface area contributed by atoms with Crippen molar-refractivity contribution in [2.24, 2.45) is 5.92 Å². The third-order valence-electron chi connectivity index (χ3n) is 5.45. The molecule has 0 saturated carbocycles. The minimum Gasteiger partial charge on any atom is -0.384 e. The number of hydrogen-bond donors (Lipinski definition) is 2. The van der Waals surface area contributed by atoms with E-state index in [4.69, 9.17) is 0 Å². The van der Waals surface area contributed by atoms with Gasteiger partial charge in [0.25, 0.3) is 0 Å². The minimum absolute atomic E-state index is 0.552. The fraction of sp³-hybridized carbons (Fsp3) is 0.700. The first-order valence-electron chi connectivity index (χ1n) is 9.33. The molecule has 1 atom stereocenters. The van der Waals surface area contributed by atoms with Crippen molar-refractivity contribution in [1.82, 2.24) is 10.2 Å². The van der Waals surface area contributed by atoms with Gasteiger partial charge in [0, 0.05) is 19.1 Å². The molecule has 3 heteroatoms. The Morgan fingerprint density at radius 3 is 2.74 bits per heavy atom. The Morgan fingerprint density at radius 1 is 1.26 bits per heavy atom. The highest BCUT2D eigenvalue weighted by molar-refractivity contribution is 5.35. The van der Waals surface area contributed by atoms with Gasteiger partial charge >= 0.3 is 0 Å². The van der Waals surface area contributed by atoms with Gasteiger partial charge in [-0.3, -0.25) is 0 Å². The number of likely N-dealkylation sites (tertiary alicyclic amines) is 1. The predicted octanol–water partition coefficient (Wildman–Crippen LogP) is 2.92. The van der Waals surface area contributed by atoms with Crippen molar-refractivity contribution in [3.63, 3.8) is 0 Å². The van der Waals surface area contributed by atoms with E-state index in [-0.39, 0.29) is 0 Å². The molecule has 1 saturated heterocycles. The van der Waals surface area contributed by atoms with Crippen molar-refractivity contribution in [2.75, 3.05) is 26.2 Å². The van der Waals surface area contributed by atoms with E-state index in [0.717, 1.165) is 30.7 Å². The molecule has 1 fully saturated rings. The van der Waals surface area contributed by atoms with Crippen LogP contribution in [-0.2, 0) is 12.0 Å². The van der Waals surface area contributed by atoms with Crippen molar-refractivity contribution < 1.29 is 5.11 Å². The Kier molecular flexibility index (Phi) is 5.40. The van der Waals surface area contributed by atoms with E-state index < -0.39 is 5.60 Å². The number of hydrogen-bond acceptors (Lipinski definition) is 3. The maximum atomic E-state index is 11.2. The molecule has 0 radical (unpaired) electrons. The monoisotopic (exact) mass is 316 g/mol. The molecule has 1 heterocycles. The molecule has 3 rings (SSSR count). The van der Waals surface area contributed by atoms with E-state index in [0.29, 0.717) is 12.6 Å². The molecule has 0 spiro atoms. The number of aliphatic hydroxyl groups is 1. The molecule has 1 aliphatic heterocycles. The first kappa shape index (κ1) is 16.9. The van der Waals surface area contributed by atoms with Gasteiger partial charge in [-0.1, -0.05) is 38.1 Å². The number of nitrogens with one attached hydrogen (secondary N) is 1. The SMILES string of the molecule is CC(C)CN1CCC(NCC2(O)CCCc3ccccc32)CC1. The summed E-state index contributed by atoms with van der Waals surface area (Å²) in [5.41, 5.74) is 1.80. The van der Waals surface area contributed by atoms with Gasteiger partial charge in [-0.15, -0.1) is 0 Å². The second-order valence-corrected chi connectivity index (χ2v) is 7.89. The zero-order valence-corrected chi connectivity index (χ0v) is 14.7. The molecule has 1 unspecified atom stereocenters. The van der Waals surface area contributed by atoms with Crippen molar-refractivity contribution in [3.8, 4) is 0 Å². The third kappa shape index (κ3) is 4.14. The van der Waals surface area contributed by atoms with Crippen LogP contribution >= 0.6 is 0 Å². The van der Waals surface area contributed by atoms with Crippen LogP contribution in [0.4, 0.5) is 0 Å². The summed E-state index contributed by atoms with van der Waals surface area (Å²) < 4.78 is 0. The number of aryl methyl sites for hydroxylation is 1. The number of nitrogens with zero attached hydrogens (tertiary/aromatic N) is 1. The lowest BCUT2D eigenvalue weighted by Crippen LogP contribution is -2.48. The first-order chi connectivity index (χ1) is 11.1. The summed E-state index contributed by atoms with van der Waals surface area (Å²) in [5.74, 6) is 0.749. The smallest absolute Gasteiger partial charge is 0.102 e. The Bertz CT molecular complexity index is 508. The summed E-state index contributed by atoms with van der Waals surface area (Å²) in [7, 11) is 0. The zero-order chi connectivity index (χ0) is 16.3. The predicted molar refractivity (Wildman–Crippen MR) is 95.6 cm³/mol. The summed E-state index contributed by atoms with van der Waals surface area (Å²) in [6, 6.07) is 8.98. The van der Waals surface area contributed by atoms with E-state index in [1.165, 1.54) is 38.0 Å². The number of fused-ring (bicyclic) bond motifs is 1. The van der Waals surface area contributed by atoms with Crippen LogP contribution in [-0.4, -0.2) is 42.2 Å². The lowest BCUT2D eigenvalue weighted by molar-refractivity contribution is 0.0141. The Labute approximate surface area is 141 Å². The molecule has 2 N–H and O–H groups in total. The van der Waals surface area contributed by atoms with Gasteiger partial charge in [0.2, 0.25) is 0 Å². The van der Waals surface area contributed by atoms with Crippen LogP contribution in [0.1, 0.15) is 50.7 Å². The molecular weight excluding hydrogens is 284 g/mol. The Morgan fingerprint density at radius 2 is 2.00 bits per heavy atom. The molecule has 23 heavy (non-hydrogen) atoms. The fourth-order valence-corrected chi connectivity index (χ4v) is 4.23. The van der Waals surface area contributed by atoms with Crippen molar-refractivity contribution >= 4 is 0 Å². The first-order valence-corrected chi connectivity index (χ1v) is 9.33. The van der Waals surface area contributed by atoms with Crippen molar-refractivity contribution in [2.45, 2.75) is 57.6 Å². The van der Waals surface area contributed by atoms with Crippen molar-refractivity contribution in [3.05, 3.63) is 35.4 Å². The standard InChI is InChI=1S/C20H32N2O/c1-16(2)14-22-12-9-18(10-13-22)21-15-20(23)11-5-7-17-6-3-4-8-19(17)20/h3-4,6,8,16,18,21,23H,5,7,9-15H2,1-2H3. The molecule has 3 nitrogen and oxygen atoms in total. The van der Waals surface area contributed by atoms with Gasteiger partial charge in [-0.05, 0) is 62.2 Å². The average molecular weight is 316 g/mol. The van der Waals surface area contributed by atoms with Gasteiger partial charge in [-0.25, -0.2) is 0 Å². The van der Waals surface area contributed by atoms with E-state index in [1.54, 1.807) is 0 Å². The van der Waals surface area contributed by atoms with E-state index in [2.05, 4.69) is 48.3 Å². The van der Waals surface area contributed by atoms with E-state index in [1.807, 2.05) is 0 Å². The van der Waals surface area contributed by atoms with Crippen LogP contribution in [0.2, 0.25) is 0 Å². The molecule has 1 aromatic rings. The summed E-state index contributed by atoms with van der Waals surface area (Å²) in [6.07, 6.45) is 5.46.